The van der Waals surface area contributed by atoms with Crippen molar-refractivity contribution in [3.63, 3.8) is 0 Å². The number of carbonyl (C=O) groups excluding carboxylic acids is 1. The summed E-state index contributed by atoms with van der Waals surface area (Å²) < 4.78 is 28.3. The first-order chi connectivity index (χ1) is 8.90. The minimum atomic E-state index is -2.96. The molecule has 0 aliphatic rings. The highest BCUT2D eigenvalue weighted by molar-refractivity contribution is 5.72. The Labute approximate surface area is 108 Å². The van der Waals surface area contributed by atoms with Crippen molar-refractivity contribution in [2.24, 2.45) is 0 Å². The average Bonchev–Trinajstić information content (AvgIpc) is 2.34. The highest BCUT2D eigenvalue weighted by Crippen LogP contribution is 2.22. The van der Waals surface area contributed by atoms with E-state index in [4.69, 9.17) is 0 Å². The van der Waals surface area contributed by atoms with E-state index in [0.29, 0.717) is 0 Å². The van der Waals surface area contributed by atoms with Gasteiger partial charge in [0.05, 0.1) is 0 Å². The summed E-state index contributed by atoms with van der Waals surface area (Å²) >= 11 is 0. The second-order valence-corrected chi connectivity index (χ2v) is 3.90. The molecule has 0 aliphatic heterocycles. The number of benzene rings is 1. The molecule has 0 aliphatic carbocycles. The maximum Gasteiger partial charge on any atom is 0.387 e. The third-order valence-electron chi connectivity index (χ3n) is 2.35. The number of aliphatic hydroxyl groups excluding tert-OH is 2. The van der Waals surface area contributed by atoms with Crippen molar-refractivity contribution < 1.29 is 28.5 Å². The van der Waals surface area contributed by atoms with Crippen molar-refractivity contribution in [3.8, 4) is 5.75 Å². The normalized spacial score (nSPS) is 14.0. The fourth-order valence-electron chi connectivity index (χ4n) is 1.46. The van der Waals surface area contributed by atoms with Gasteiger partial charge in [-0.25, -0.2) is 0 Å². The molecule has 0 fully saturated rings. The van der Waals surface area contributed by atoms with E-state index in [1.165, 1.54) is 31.2 Å². The molecule has 0 aromatic heterocycles. The third-order valence-corrected chi connectivity index (χ3v) is 2.35. The molecule has 1 amide bonds. The van der Waals surface area contributed by atoms with Crippen LogP contribution in [0.5, 0.6) is 5.75 Å². The smallest absolute Gasteiger partial charge is 0.387 e. The van der Waals surface area contributed by atoms with Crippen LogP contribution in [0.2, 0.25) is 0 Å². The van der Waals surface area contributed by atoms with Crippen molar-refractivity contribution in [2.45, 2.75) is 25.7 Å². The molecule has 0 bridgehead atoms. The van der Waals surface area contributed by atoms with Gasteiger partial charge in [0.15, 0.2) is 0 Å². The number of halogens is 2. The van der Waals surface area contributed by atoms with Crippen molar-refractivity contribution in [1.82, 2.24) is 5.32 Å². The number of ether oxygens (including phenoxy) is 1. The molecule has 3 N–H and O–H groups in total. The molecule has 2 atom stereocenters. The van der Waals surface area contributed by atoms with E-state index in [1.54, 1.807) is 0 Å². The summed E-state index contributed by atoms with van der Waals surface area (Å²) in [5.41, 5.74) is 0.219. The molecule has 7 heteroatoms. The Balaban J connectivity index is 2.70. The summed E-state index contributed by atoms with van der Waals surface area (Å²) in [6.45, 7) is -1.83. The van der Waals surface area contributed by atoms with Crippen LogP contribution < -0.4 is 10.1 Å². The third kappa shape index (κ3) is 5.19. The van der Waals surface area contributed by atoms with Crippen LogP contribution in [0.25, 0.3) is 0 Å². The number of amides is 1. The van der Waals surface area contributed by atoms with E-state index in [0.717, 1.165) is 0 Å². The van der Waals surface area contributed by atoms with Crippen LogP contribution in [0.4, 0.5) is 8.78 Å². The molecule has 2 unspecified atom stereocenters. The van der Waals surface area contributed by atoms with Gasteiger partial charge in [-0.2, -0.15) is 8.78 Å². The zero-order valence-electron chi connectivity index (χ0n) is 10.2. The molecular formula is C12H15F2NO4. The molecule has 1 rings (SSSR count). The van der Waals surface area contributed by atoms with Crippen molar-refractivity contribution in [1.29, 1.82) is 0 Å². The van der Waals surface area contributed by atoms with Crippen LogP contribution in [0.15, 0.2) is 24.3 Å². The Morgan fingerprint density at radius 2 is 2.11 bits per heavy atom. The Morgan fingerprint density at radius 1 is 1.42 bits per heavy atom. The number of hydrogen-bond acceptors (Lipinski definition) is 4. The fraction of sp³-hybridized carbons (Fsp3) is 0.417. The summed E-state index contributed by atoms with van der Waals surface area (Å²) in [5, 5.41) is 21.8. The molecule has 1 aromatic rings. The van der Waals surface area contributed by atoms with Gasteiger partial charge in [0.1, 0.15) is 18.0 Å². The van der Waals surface area contributed by atoms with Crippen molar-refractivity contribution >= 4 is 5.91 Å². The van der Waals surface area contributed by atoms with Gasteiger partial charge < -0.3 is 20.3 Å². The number of hydrogen-bond donors (Lipinski definition) is 3. The predicted molar refractivity (Wildman–Crippen MR) is 62.7 cm³/mol. The van der Waals surface area contributed by atoms with Gasteiger partial charge in [0, 0.05) is 13.5 Å². The van der Waals surface area contributed by atoms with Gasteiger partial charge in [0.2, 0.25) is 5.91 Å². The van der Waals surface area contributed by atoms with E-state index in [-0.39, 0.29) is 23.8 Å². The second-order valence-electron chi connectivity index (χ2n) is 3.90. The highest BCUT2D eigenvalue weighted by Gasteiger charge is 2.19. The van der Waals surface area contributed by atoms with Crippen LogP contribution in [0, 0.1) is 0 Å². The lowest BCUT2D eigenvalue weighted by molar-refractivity contribution is -0.119. The zero-order chi connectivity index (χ0) is 14.4. The highest BCUT2D eigenvalue weighted by atomic mass is 19.3. The van der Waals surface area contributed by atoms with Gasteiger partial charge in [0.25, 0.3) is 0 Å². The van der Waals surface area contributed by atoms with Gasteiger partial charge >= 0.3 is 6.61 Å². The number of alkyl halides is 2. The molecule has 1 aromatic carbocycles. The molecule has 19 heavy (non-hydrogen) atoms. The van der Waals surface area contributed by atoms with E-state index in [9.17, 15) is 23.8 Å². The van der Waals surface area contributed by atoms with E-state index < -0.39 is 18.8 Å². The first-order valence-corrected chi connectivity index (χ1v) is 5.55. The Kier molecular flexibility index (Phi) is 5.65. The first-order valence-electron chi connectivity index (χ1n) is 5.55. The van der Waals surface area contributed by atoms with E-state index >= 15 is 0 Å². The molecule has 0 saturated heterocycles. The average molecular weight is 275 g/mol. The maximum absolute atomic E-state index is 12.0. The van der Waals surface area contributed by atoms with Gasteiger partial charge in [-0.1, -0.05) is 12.1 Å². The first kappa shape index (κ1) is 15.3. The topological polar surface area (TPSA) is 78.8 Å². The minimum absolute atomic E-state index is 0.113. The summed E-state index contributed by atoms with van der Waals surface area (Å²) in [6, 6.07) is 5.39. The predicted octanol–water partition coefficient (Wildman–Crippen LogP) is 0.818. The quantitative estimate of drug-likeness (QED) is 0.718. The number of carbonyl (C=O) groups is 1. The van der Waals surface area contributed by atoms with E-state index in [2.05, 4.69) is 10.1 Å². The number of aliphatic hydroxyl groups is 2. The van der Waals surface area contributed by atoms with Crippen LogP contribution in [0.1, 0.15) is 18.6 Å². The van der Waals surface area contributed by atoms with Crippen LogP contribution in [0.3, 0.4) is 0 Å². The summed E-state index contributed by atoms with van der Waals surface area (Å²) in [5.74, 6) is -0.459. The summed E-state index contributed by atoms with van der Waals surface area (Å²) in [7, 11) is 0. The van der Waals surface area contributed by atoms with Crippen LogP contribution in [-0.2, 0) is 4.79 Å². The number of nitrogens with one attached hydrogen (secondary N) is 1. The zero-order valence-corrected chi connectivity index (χ0v) is 10.2. The largest absolute Gasteiger partial charge is 0.435 e. The molecular weight excluding hydrogens is 260 g/mol. The lowest BCUT2D eigenvalue weighted by Gasteiger charge is -2.19. The van der Waals surface area contributed by atoms with Crippen molar-refractivity contribution in [3.05, 3.63) is 29.8 Å². The molecule has 106 valence electrons. The maximum atomic E-state index is 12.0. The van der Waals surface area contributed by atoms with Crippen molar-refractivity contribution in [2.75, 3.05) is 6.54 Å². The lowest BCUT2D eigenvalue weighted by Crippen LogP contribution is -2.34. The lowest BCUT2D eigenvalue weighted by atomic mass is 10.0. The van der Waals surface area contributed by atoms with Gasteiger partial charge in [-0.05, 0) is 17.7 Å². The van der Waals surface area contributed by atoms with Gasteiger partial charge in [-0.3, -0.25) is 4.79 Å². The van der Waals surface area contributed by atoms with Crippen LogP contribution >= 0.6 is 0 Å². The van der Waals surface area contributed by atoms with E-state index in [1.807, 2.05) is 0 Å². The second kappa shape index (κ2) is 7.01. The Bertz CT molecular complexity index is 428. The molecule has 0 saturated carbocycles. The van der Waals surface area contributed by atoms with Crippen LogP contribution in [-0.4, -0.2) is 35.4 Å². The molecule has 0 radical (unpaired) electrons. The molecule has 0 spiro atoms. The summed E-state index contributed by atoms with van der Waals surface area (Å²) in [4.78, 5) is 10.7. The minimum Gasteiger partial charge on any atom is -0.435 e. The SMILES string of the molecule is CC(=O)NCC(O)C(O)c1cccc(OC(F)F)c1. The standard InChI is InChI=1S/C12H15F2NO4/c1-7(16)15-6-10(17)11(18)8-3-2-4-9(5-8)19-12(13)14/h2-5,10-12,17-18H,6H2,1H3,(H,15,16). The Morgan fingerprint density at radius 3 is 2.68 bits per heavy atom. The molecule has 0 heterocycles. The summed E-state index contributed by atoms with van der Waals surface area (Å²) in [6.07, 6.45) is -2.56. The van der Waals surface area contributed by atoms with Gasteiger partial charge in [-0.15, -0.1) is 0 Å². The Hall–Kier alpha value is -1.73. The monoisotopic (exact) mass is 275 g/mol. The number of rotatable bonds is 6. The molecule has 5 nitrogen and oxygen atoms in total. The fourth-order valence-corrected chi connectivity index (χ4v) is 1.46.